The lowest BCUT2D eigenvalue weighted by molar-refractivity contribution is -0.385. The normalized spacial score (nSPS) is 11.2. The molecular weight excluding hydrogens is 468 g/mol. The topological polar surface area (TPSA) is 167 Å². The van der Waals surface area contributed by atoms with Crippen LogP contribution in [0.3, 0.4) is 0 Å². The fraction of sp³-hybridized carbons (Fsp3) is 0.364. The lowest BCUT2D eigenvalue weighted by atomic mass is 10.3. The number of esters is 2. The van der Waals surface area contributed by atoms with Crippen LogP contribution in [0, 0.1) is 20.2 Å². The van der Waals surface area contributed by atoms with E-state index in [9.17, 15) is 29.8 Å². The van der Waals surface area contributed by atoms with Crippen molar-refractivity contribution in [2.45, 2.75) is 19.4 Å². The summed E-state index contributed by atoms with van der Waals surface area (Å²) in [5.74, 6) is -0.449. The van der Waals surface area contributed by atoms with Crippen molar-refractivity contribution >= 4 is 23.3 Å². The molecule has 2 rings (SSSR count). The van der Waals surface area contributed by atoms with E-state index in [4.69, 9.17) is 23.7 Å². The van der Waals surface area contributed by atoms with Crippen molar-refractivity contribution in [1.82, 2.24) is 0 Å². The van der Waals surface area contributed by atoms with Gasteiger partial charge in [-0.15, -0.1) is 0 Å². The fourth-order valence-electron chi connectivity index (χ4n) is 2.52. The van der Waals surface area contributed by atoms with Crippen molar-refractivity contribution in [2.24, 2.45) is 0 Å². The zero-order valence-corrected chi connectivity index (χ0v) is 18.8. The quantitative estimate of drug-likeness (QED) is 0.155. The van der Waals surface area contributed by atoms with Gasteiger partial charge < -0.3 is 23.7 Å². The van der Waals surface area contributed by atoms with E-state index in [0.29, 0.717) is 5.75 Å². The van der Waals surface area contributed by atoms with Crippen molar-refractivity contribution < 1.29 is 43.1 Å². The van der Waals surface area contributed by atoms with Crippen LogP contribution < -0.4 is 9.47 Å². The minimum Gasteiger partial charge on any atom is -0.493 e. The second-order valence-corrected chi connectivity index (χ2v) is 6.86. The molecule has 0 aromatic heterocycles. The number of hydrogen-bond acceptors (Lipinski definition) is 11. The molecule has 0 radical (unpaired) electrons. The summed E-state index contributed by atoms with van der Waals surface area (Å²) in [6.07, 6.45) is -0.938. The number of carbonyl (C=O) groups is 2. The molecule has 0 aliphatic heterocycles. The summed E-state index contributed by atoms with van der Waals surface area (Å²) in [7, 11) is 0. The van der Waals surface area contributed by atoms with Gasteiger partial charge in [0.2, 0.25) is 0 Å². The minimum atomic E-state index is -0.925. The van der Waals surface area contributed by atoms with Gasteiger partial charge in [-0.3, -0.25) is 25.0 Å². The molecule has 0 N–H and O–H groups in total. The molecule has 0 aliphatic rings. The third-order valence-electron chi connectivity index (χ3n) is 4.28. The standard InChI is InChI=1S/C22H24N2O11/c1-16(35-20-8-4-18(5-9-20)24(29)30)22(26)34-15-13-31-12-14-33-21(25)10-11-32-19-6-2-17(3-7-19)23(27)28/h2-9,16H,10-15H2,1H3. The molecule has 0 spiro atoms. The van der Waals surface area contributed by atoms with Crippen molar-refractivity contribution in [3.05, 3.63) is 68.8 Å². The number of nitro groups is 2. The first-order valence-electron chi connectivity index (χ1n) is 10.4. The molecule has 0 amide bonds. The Labute approximate surface area is 199 Å². The summed E-state index contributed by atoms with van der Waals surface area (Å²) in [6, 6.07) is 10.8. The lowest BCUT2D eigenvalue weighted by Crippen LogP contribution is -2.27. The van der Waals surface area contributed by atoms with E-state index < -0.39 is 27.9 Å². The molecule has 13 nitrogen and oxygen atoms in total. The molecule has 13 heteroatoms. The molecule has 1 atom stereocenters. The Kier molecular flexibility index (Phi) is 10.9. The Hall–Kier alpha value is -4.26. The van der Waals surface area contributed by atoms with Gasteiger partial charge in [-0.05, 0) is 31.2 Å². The van der Waals surface area contributed by atoms with Crippen LogP contribution in [0.1, 0.15) is 13.3 Å². The molecule has 0 saturated carbocycles. The van der Waals surface area contributed by atoms with Crippen LogP contribution >= 0.6 is 0 Å². The Morgan fingerprint density at radius 1 is 0.771 bits per heavy atom. The van der Waals surface area contributed by atoms with Crippen LogP contribution in [0.25, 0.3) is 0 Å². The van der Waals surface area contributed by atoms with Gasteiger partial charge in [-0.25, -0.2) is 4.79 Å². The molecule has 0 aliphatic carbocycles. The maximum absolute atomic E-state index is 11.9. The molecule has 0 fully saturated rings. The van der Waals surface area contributed by atoms with E-state index >= 15 is 0 Å². The zero-order chi connectivity index (χ0) is 25.6. The zero-order valence-electron chi connectivity index (χ0n) is 18.8. The highest BCUT2D eigenvalue weighted by Gasteiger charge is 2.17. The van der Waals surface area contributed by atoms with E-state index in [1.54, 1.807) is 0 Å². The monoisotopic (exact) mass is 492 g/mol. The fourth-order valence-corrected chi connectivity index (χ4v) is 2.52. The van der Waals surface area contributed by atoms with E-state index in [0.717, 1.165) is 0 Å². The van der Waals surface area contributed by atoms with Gasteiger partial charge in [-0.1, -0.05) is 0 Å². The van der Waals surface area contributed by atoms with Crippen LogP contribution in [0.5, 0.6) is 11.5 Å². The number of benzene rings is 2. The minimum absolute atomic E-state index is 0.00394. The van der Waals surface area contributed by atoms with E-state index in [1.807, 2.05) is 0 Å². The SMILES string of the molecule is CC(Oc1ccc([N+](=O)[O-])cc1)C(=O)OCCOCCOC(=O)CCOc1ccc([N+](=O)[O-])cc1. The van der Waals surface area contributed by atoms with Crippen LogP contribution in [0.2, 0.25) is 0 Å². The van der Waals surface area contributed by atoms with Crippen LogP contribution in [-0.2, 0) is 23.8 Å². The van der Waals surface area contributed by atoms with Crippen molar-refractivity contribution in [3.8, 4) is 11.5 Å². The van der Waals surface area contributed by atoms with Gasteiger partial charge >= 0.3 is 11.9 Å². The number of nitrogens with zero attached hydrogens (tertiary/aromatic N) is 2. The van der Waals surface area contributed by atoms with Gasteiger partial charge in [0.15, 0.2) is 6.10 Å². The lowest BCUT2D eigenvalue weighted by Gasteiger charge is -2.14. The van der Waals surface area contributed by atoms with Crippen molar-refractivity contribution in [2.75, 3.05) is 33.0 Å². The molecule has 0 bridgehead atoms. The summed E-state index contributed by atoms with van der Waals surface area (Å²) in [5.41, 5.74) is -0.150. The van der Waals surface area contributed by atoms with Gasteiger partial charge in [0.25, 0.3) is 11.4 Å². The maximum Gasteiger partial charge on any atom is 0.347 e. The summed E-state index contributed by atoms with van der Waals surface area (Å²) in [4.78, 5) is 43.8. The summed E-state index contributed by atoms with van der Waals surface area (Å²) in [6.45, 7) is 1.68. The van der Waals surface area contributed by atoms with Gasteiger partial charge in [-0.2, -0.15) is 0 Å². The smallest absolute Gasteiger partial charge is 0.347 e. The number of nitro benzene ring substituents is 2. The average Bonchev–Trinajstić information content (AvgIpc) is 2.83. The van der Waals surface area contributed by atoms with Crippen molar-refractivity contribution in [3.63, 3.8) is 0 Å². The second-order valence-electron chi connectivity index (χ2n) is 6.86. The first kappa shape index (κ1) is 27.0. The van der Waals surface area contributed by atoms with Gasteiger partial charge in [0, 0.05) is 24.3 Å². The Balaban J connectivity index is 1.50. The molecule has 0 heterocycles. The first-order valence-corrected chi connectivity index (χ1v) is 10.4. The molecule has 2 aromatic rings. The van der Waals surface area contributed by atoms with Crippen LogP contribution in [0.4, 0.5) is 11.4 Å². The maximum atomic E-state index is 11.9. The molecular formula is C22H24N2O11. The van der Waals surface area contributed by atoms with E-state index in [-0.39, 0.29) is 56.6 Å². The number of non-ortho nitro benzene ring substituents is 2. The largest absolute Gasteiger partial charge is 0.493 e. The Morgan fingerprint density at radius 3 is 1.83 bits per heavy atom. The summed E-state index contributed by atoms with van der Waals surface area (Å²) >= 11 is 0. The van der Waals surface area contributed by atoms with E-state index in [1.165, 1.54) is 55.5 Å². The number of ether oxygens (including phenoxy) is 5. The third kappa shape index (κ3) is 10.0. The Bertz CT molecular complexity index is 993. The van der Waals surface area contributed by atoms with Gasteiger partial charge in [0.1, 0.15) is 24.7 Å². The Morgan fingerprint density at radius 2 is 1.29 bits per heavy atom. The number of hydrogen-bond donors (Lipinski definition) is 0. The molecule has 188 valence electrons. The molecule has 35 heavy (non-hydrogen) atoms. The molecule has 0 saturated heterocycles. The highest BCUT2D eigenvalue weighted by atomic mass is 16.6. The summed E-state index contributed by atoms with van der Waals surface area (Å²) < 4.78 is 25.9. The highest BCUT2D eigenvalue weighted by Crippen LogP contribution is 2.19. The average molecular weight is 492 g/mol. The van der Waals surface area contributed by atoms with E-state index in [2.05, 4.69) is 0 Å². The van der Waals surface area contributed by atoms with Crippen LogP contribution in [-0.4, -0.2) is 60.9 Å². The number of carbonyl (C=O) groups excluding carboxylic acids is 2. The number of rotatable bonds is 15. The molecule has 1 unspecified atom stereocenters. The first-order chi connectivity index (χ1) is 16.8. The van der Waals surface area contributed by atoms with Crippen molar-refractivity contribution in [1.29, 1.82) is 0 Å². The predicted octanol–water partition coefficient (Wildman–Crippen LogP) is 2.84. The highest BCUT2D eigenvalue weighted by molar-refractivity contribution is 5.74. The third-order valence-corrected chi connectivity index (χ3v) is 4.28. The van der Waals surface area contributed by atoms with Gasteiger partial charge in [0.05, 0.1) is 36.1 Å². The van der Waals surface area contributed by atoms with Crippen LogP contribution in [0.15, 0.2) is 48.5 Å². The predicted molar refractivity (Wildman–Crippen MR) is 119 cm³/mol. The summed E-state index contributed by atoms with van der Waals surface area (Å²) in [5, 5.41) is 21.2. The second kappa shape index (κ2) is 14.1. The molecule has 2 aromatic carbocycles.